The second-order valence-electron chi connectivity index (χ2n) is 7.80. The van der Waals surface area contributed by atoms with Crippen molar-refractivity contribution in [2.75, 3.05) is 13.1 Å². The highest BCUT2D eigenvalue weighted by molar-refractivity contribution is 7.89. The van der Waals surface area contributed by atoms with Crippen LogP contribution in [0.1, 0.15) is 47.2 Å². The monoisotopic (exact) mass is 416 g/mol. The summed E-state index contributed by atoms with van der Waals surface area (Å²) in [5.74, 6) is -0.650. The summed E-state index contributed by atoms with van der Waals surface area (Å²) in [6.45, 7) is 0.738. The van der Waals surface area contributed by atoms with Gasteiger partial charge in [0.15, 0.2) is 0 Å². The first-order chi connectivity index (χ1) is 13.9. The molecule has 1 saturated heterocycles. The van der Waals surface area contributed by atoms with Gasteiger partial charge in [0.2, 0.25) is 10.0 Å². The SMILES string of the molecule is O=C(NC1CCN(S(=O)(=O)c2ccc3c(c2)CCCC3)CC1)c1ccc(F)cc1. The first kappa shape index (κ1) is 20.0. The Bertz CT molecular complexity index is 997. The van der Waals surface area contributed by atoms with Gasteiger partial charge >= 0.3 is 0 Å². The molecule has 1 aliphatic carbocycles. The van der Waals surface area contributed by atoms with Crippen LogP contribution in [0.5, 0.6) is 0 Å². The van der Waals surface area contributed by atoms with E-state index in [9.17, 15) is 17.6 Å². The molecule has 0 spiro atoms. The van der Waals surface area contributed by atoms with Crippen LogP contribution in [-0.4, -0.2) is 37.8 Å². The van der Waals surface area contributed by atoms with Gasteiger partial charge in [0.25, 0.3) is 5.91 Å². The van der Waals surface area contributed by atoms with E-state index in [1.807, 2.05) is 12.1 Å². The highest BCUT2D eigenvalue weighted by atomic mass is 32.2. The summed E-state index contributed by atoms with van der Waals surface area (Å²) >= 11 is 0. The van der Waals surface area contributed by atoms with Crippen molar-refractivity contribution >= 4 is 15.9 Å². The largest absolute Gasteiger partial charge is 0.349 e. The van der Waals surface area contributed by atoms with E-state index in [1.54, 1.807) is 6.07 Å². The third-order valence-corrected chi connectivity index (χ3v) is 7.75. The Morgan fingerprint density at radius 2 is 1.62 bits per heavy atom. The number of hydrogen-bond acceptors (Lipinski definition) is 3. The van der Waals surface area contributed by atoms with Gasteiger partial charge in [0.05, 0.1) is 4.90 Å². The molecule has 2 aromatic carbocycles. The molecule has 0 bridgehead atoms. The normalized spacial score (nSPS) is 18.2. The molecule has 5 nitrogen and oxygen atoms in total. The number of nitrogens with one attached hydrogen (secondary N) is 1. The van der Waals surface area contributed by atoms with Crippen LogP contribution < -0.4 is 5.32 Å². The minimum Gasteiger partial charge on any atom is -0.349 e. The quantitative estimate of drug-likeness (QED) is 0.832. The van der Waals surface area contributed by atoms with E-state index < -0.39 is 10.0 Å². The lowest BCUT2D eigenvalue weighted by atomic mass is 9.92. The number of rotatable bonds is 4. The zero-order valence-corrected chi connectivity index (χ0v) is 17.1. The fourth-order valence-electron chi connectivity index (χ4n) is 4.13. The van der Waals surface area contributed by atoms with Crippen LogP contribution in [0.15, 0.2) is 47.4 Å². The molecule has 7 heteroatoms. The Hall–Kier alpha value is -2.25. The average Bonchev–Trinajstić information content (AvgIpc) is 2.74. The lowest BCUT2D eigenvalue weighted by Crippen LogP contribution is -2.46. The van der Waals surface area contributed by atoms with E-state index in [1.165, 1.54) is 34.1 Å². The Kier molecular flexibility index (Phi) is 5.69. The van der Waals surface area contributed by atoms with Crippen molar-refractivity contribution < 1.29 is 17.6 Å². The average molecular weight is 417 g/mol. The van der Waals surface area contributed by atoms with Crippen molar-refractivity contribution in [3.05, 3.63) is 65.0 Å². The summed E-state index contributed by atoms with van der Waals surface area (Å²) in [5, 5.41) is 2.92. The maximum absolute atomic E-state index is 13.1. The molecule has 29 heavy (non-hydrogen) atoms. The number of fused-ring (bicyclic) bond motifs is 1. The van der Waals surface area contributed by atoms with Crippen LogP contribution in [0, 0.1) is 5.82 Å². The summed E-state index contributed by atoms with van der Waals surface area (Å²) in [6, 6.07) is 10.8. The fraction of sp³-hybridized carbons (Fsp3) is 0.409. The van der Waals surface area contributed by atoms with Crippen LogP contribution in [0.2, 0.25) is 0 Å². The van der Waals surface area contributed by atoms with Gasteiger partial charge < -0.3 is 5.32 Å². The van der Waals surface area contributed by atoms with Crippen LogP contribution in [0.25, 0.3) is 0 Å². The van der Waals surface area contributed by atoms with E-state index >= 15 is 0 Å². The van der Waals surface area contributed by atoms with Gasteiger partial charge in [-0.3, -0.25) is 4.79 Å². The van der Waals surface area contributed by atoms with Crippen LogP contribution in [-0.2, 0) is 22.9 Å². The Balaban J connectivity index is 1.38. The molecule has 1 fully saturated rings. The van der Waals surface area contributed by atoms with E-state index in [0.29, 0.717) is 36.4 Å². The topological polar surface area (TPSA) is 66.5 Å². The highest BCUT2D eigenvalue weighted by Crippen LogP contribution is 2.27. The summed E-state index contributed by atoms with van der Waals surface area (Å²) in [4.78, 5) is 12.7. The van der Waals surface area contributed by atoms with Crippen molar-refractivity contribution in [3.8, 4) is 0 Å². The molecule has 1 N–H and O–H groups in total. The molecular formula is C22H25FN2O3S. The van der Waals surface area contributed by atoms with E-state index in [4.69, 9.17) is 0 Å². The molecule has 2 aliphatic rings. The smallest absolute Gasteiger partial charge is 0.251 e. The Morgan fingerprint density at radius 3 is 2.31 bits per heavy atom. The molecular weight excluding hydrogens is 391 g/mol. The zero-order chi connectivity index (χ0) is 20.4. The first-order valence-corrected chi connectivity index (χ1v) is 11.6. The number of aryl methyl sites for hydroxylation is 2. The van der Waals surface area contributed by atoms with Crippen molar-refractivity contribution in [2.24, 2.45) is 0 Å². The van der Waals surface area contributed by atoms with Gasteiger partial charge in [-0.15, -0.1) is 0 Å². The number of carbonyl (C=O) groups is 1. The molecule has 1 aliphatic heterocycles. The van der Waals surface area contributed by atoms with Gasteiger partial charge in [-0.2, -0.15) is 4.31 Å². The maximum atomic E-state index is 13.1. The highest BCUT2D eigenvalue weighted by Gasteiger charge is 2.30. The van der Waals surface area contributed by atoms with E-state index in [-0.39, 0.29) is 17.8 Å². The molecule has 0 unspecified atom stereocenters. The number of halogens is 1. The van der Waals surface area contributed by atoms with Crippen LogP contribution in [0.4, 0.5) is 4.39 Å². The molecule has 1 amide bonds. The van der Waals surface area contributed by atoms with Crippen molar-refractivity contribution in [1.82, 2.24) is 9.62 Å². The van der Waals surface area contributed by atoms with Gasteiger partial charge in [0, 0.05) is 24.7 Å². The standard InChI is InChI=1S/C22H25FN2O3S/c23-19-8-5-17(6-9-19)22(26)24-20-11-13-25(14-12-20)29(27,28)21-10-7-16-3-1-2-4-18(16)15-21/h5-10,15,20H,1-4,11-14H2,(H,24,26). The first-order valence-electron chi connectivity index (χ1n) is 10.1. The van der Waals surface area contributed by atoms with Gasteiger partial charge in [-0.1, -0.05) is 6.07 Å². The number of hydrogen-bond donors (Lipinski definition) is 1. The Labute approximate surface area is 171 Å². The molecule has 0 saturated carbocycles. The molecule has 1 heterocycles. The summed E-state index contributed by atoms with van der Waals surface area (Å²) < 4.78 is 40.6. The van der Waals surface area contributed by atoms with Gasteiger partial charge in [0.1, 0.15) is 5.82 Å². The van der Waals surface area contributed by atoms with Crippen molar-refractivity contribution in [2.45, 2.75) is 49.5 Å². The molecule has 154 valence electrons. The van der Waals surface area contributed by atoms with Gasteiger partial charge in [-0.05, 0) is 86.1 Å². The van der Waals surface area contributed by atoms with E-state index in [2.05, 4.69) is 5.32 Å². The summed E-state index contributed by atoms with van der Waals surface area (Å²) in [6.07, 6.45) is 5.34. The molecule has 2 aromatic rings. The molecule has 4 rings (SSSR count). The molecule has 0 atom stereocenters. The lowest BCUT2D eigenvalue weighted by molar-refractivity contribution is 0.0924. The second kappa shape index (κ2) is 8.24. The van der Waals surface area contributed by atoms with Crippen molar-refractivity contribution in [3.63, 3.8) is 0 Å². The maximum Gasteiger partial charge on any atom is 0.251 e. The van der Waals surface area contributed by atoms with E-state index in [0.717, 1.165) is 31.2 Å². The van der Waals surface area contributed by atoms with Crippen molar-refractivity contribution in [1.29, 1.82) is 0 Å². The minimum atomic E-state index is -3.53. The molecule has 0 radical (unpaired) electrons. The summed E-state index contributed by atoms with van der Waals surface area (Å²) in [7, 11) is -3.53. The number of sulfonamides is 1. The number of nitrogens with zero attached hydrogens (tertiary/aromatic N) is 1. The lowest BCUT2D eigenvalue weighted by Gasteiger charge is -2.32. The van der Waals surface area contributed by atoms with Gasteiger partial charge in [-0.25, -0.2) is 12.8 Å². The third-order valence-electron chi connectivity index (χ3n) is 5.85. The predicted octanol–water partition coefficient (Wildman–Crippen LogP) is 3.29. The number of amides is 1. The Morgan fingerprint density at radius 1 is 0.966 bits per heavy atom. The number of carbonyl (C=O) groups excluding carboxylic acids is 1. The van der Waals surface area contributed by atoms with Crippen LogP contribution in [0.3, 0.4) is 0 Å². The number of piperidine rings is 1. The predicted molar refractivity (Wildman–Crippen MR) is 109 cm³/mol. The summed E-state index contributed by atoms with van der Waals surface area (Å²) in [5.41, 5.74) is 2.81. The van der Waals surface area contributed by atoms with Crippen LogP contribution >= 0.6 is 0 Å². The molecule has 0 aromatic heterocycles. The third kappa shape index (κ3) is 4.36. The fourth-order valence-corrected chi connectivity index (χ4v) is 5.65. The second-order valence-corrected chi connectivity index (χ2v) is 9.73. The zero-order valence-electron chi connectivity index (χ0n) is 16.2. The minimum absolute atomic E-state index is 0.0949. The number of benzene rings is 2.